The number of nitro groups is 1. The number of halogens is 1. The molecule has 1 aromatic heterocycles. The predicted octanol–water partition coefficient (Wildman–Crippen LogP) is 5.34. The average molecular weight is 385 g/mol. The van der Waals surface area contributed by atoms with Crippen molar-refractivity contribution >= 4 is 23.2 Å². The molecule has 3 rings (SSSR count). The summed E-state index contributed by atoms with van der Waals surface area (Å²) in [6, 6.07) is 16.4. The number of rotatable bonds is 5. The van der Waals surface area contributed by atoms with E-state index >= 15 is 0 Å². The quantitative estimate of drug-likeness (QED) is 0.439. The minimum absolute atomic E-state index is 0.0146. The third-order valence-electron chi connectivity index (χ3n) is 4.42. The molecule has 0 aliphatic rings. The number of non-ortho nitro benzene ring substituents is 1. The van der Waals surface area contributed by atoms with E-state index in [2.05, 4.69) is 0 Å². The molecule has 0 radical (unpaired) electrons. The first-order valence-corrected chi connectivity index (χ1v) is 8.62. The Labute approximate surface area is 161 Å². The molecule has 7 heteroatoms. The molecule has 1 atom stereocenters. The van der Waals surface area contributed by atoms with Crippen molar-refractivity contribution in [1.29, 1.82) is 0 Å². The van der Waals surface area contributed by atoms with Crippen molar-refractivity contribution in [3.05, 3.63) is 87.1 Å². The first kappa shape index (κ1) is 18.7. The van der Waals surface area contributed by atoms with Crippen molar-refractivity contribution < 1.29 is 14.1 Å². The van der Waals surface area contributed by atoms with Gasteiger partial charge in [0.1, 0.15) is 5.76 Å². The average Bonchev–Trinajstić information content (AvgIpc) is 3.16. The molecule has 2 aromatic carbocycles. The molecule has 1 amide bonds. The van der Waals surface area contributed by atoms with E-state index in [0.29, 0.717) is 21.9 Å². The molecule has 0 N–H and O–H groups in total. The van der Waals surface area contributed by atoms with Gasteiger partial charge in [-0.3, -0.25) is 14.9 Å². The number of amides is 1. The number of nitrogens with zero attached hydrogens (tertiary/aromatic N) is 2. The zero-order chi connectivity index (χ0) is 19.6. The molecule has 0 fully saturated rings. The van der Waals surface area contributed by atoms with E-state index in [-0.39, 0.29) is 23.4 Å². The van der Waals surface area contributed by atoms with Crippen LogP contribution in [0.25, 0.3) is 11.3 Å². The molecule has 138 valence electrons. The number of benzene rings is 2. The van der Waals surface area contributed by atoms with E-state index in [0.717, 1.165) is 0 Å². The van der Waals surface area contributed by atoms with E-state index in [4.69, 9.17) is 16.0 Å². The zero-order valence-corrected chi connectivity index (χ0v) is 15.5. The molecule has 3 aromatic rings. The molecular weight excluding hydrogens is 368 g/mol. The fourth-order valence-corrected chi connectivity index (χ4v) is 2.96. The summed E-state index contributed by atoms with van der Waals surface area (Å²) in [7, 11) is 1.63. The Morgan fingerprint density at radius 1 is 1.15 bits per heavy atom. The van der Waals surface area contributed by atoms with Gasteiger partial charge in [-0.25, -0.2) is 0 Å². The van der Waals surface area contributed by atoms with Gasteiger partial charge < -0.3 is 9.32 Å². The smallest absolute Gasteiger partial charge is 0.289 e. The van der Waals surface area contributed by atoms with E-state index in [1.165, 1.54) is 17.0 Å². The third-order valence-corrected chi connectivity index (χ3v) is 4.75. The molecule has 0 unspecified atom stereocenters. The van der Waals surface area contributed by atoms with Crippen LogP contribution in [0.15, 0.2) is 65.1 Å². The molecule has 0 saturated heterocycles. The van der Waals surface area contributed by atoms with Crippen molar-refractivity contribution in [2.24, 2.45) is 0 Å². The number of nitro benzene ring substituents is 1. The lowest BCUT2D eigenvalue weighted by Crippen LogP contribution is -2.29. The SMILES string of the molecule is C[C@@H](c1cccc([N+](=O)[O-])c1)N(C)C(=O)c1ccc(-c2ccccc2Cl)o1. The Balaban J connectivity index is 1.82. The minimum atomic E-state index is -0.458. The van der Waals surface area contributed by atoms with Gasteiger partial charge in [-0.05, 0) is 36.8 Å². The van der Waals surface area contributed by atoms with Crippen LogP contribution in [0.3, 0.4) is 0 Å². The second kappa shape index (κ2) is 7.63. The van der Waals surface area contributed by atoms with Crippen LogP contribution in [0, 0.1) is 10.1 Å². The number of carbonyl (C=O) groups excluding carboxylic acids is 1. The maximum Gasteiger partial charge on any atom is 0.289 e. The lowest BCUT2D eigenvalue weighted by molar-refractivity contribution is -0.384. The van der Waals surface area contributed by atoms with Gasteiger partial charge in [0, 0.05) is 24.7 Å². The van der Waals surface area contributed by atoms with E-state index in [9.17, 15) is 14.9 Å². The van der Waals surface area contributed by atoms with Crippen LogP contribution in [-0.4, -0.2) is 22.8 Å². The summed E-state index contributed by atoms with van der Waals surface area (Å²) in [5.74, 6) is 0.345. The van der Waals surface area contributed by atoms with Crippen molar-refractivity contribution in [2.75, 3.05) is 7.05 Å². The van der Waals surface area contributed by atoms with Gasteiger partial charge in [-0.1, -0.05) is 35.9 Å². The second-order valence-electron chi connectivity index (χ2n) is 6.09. The Kier molecular flexibility index (Phi) is 5.28. The van der Waals surface area contributed by atoms with Crippen LogP contribution < -0.4 is 0 Å². The summed E-state index contributed by atoms with van der Waals surface area (Å²) in [6.45, 7) is 1.80. The Hall–Kier alpha value is -3.12. The van der Waals surface area contributed by atoms with Crippen LogP contribution >= 0.6 is 11.6 Å². The number of hydrogen-bond donors (Lipinski definition) is 0. The molecule has 0 aliphatic heterocycles. The van der Waals surface area contributed by atoms with Gasteiger partial charge >= 0.3 is 0 Å². The maximum atomic E-state index is 12.8. The summed E-state index contributed by atoms with van der Waals surface area (Å²) in [6.07, 6.45) is 0. The molecule has 0 saturated carbocycles. The highest BCUT2D eigenvalue weighted by Gasteiger charge is 2.23. The highest BCUT2D eigenvalue weighted by Crippen LogP contribution is 2.30. The Morgan fingerprint density at radius 2 is 1.89 bits per heavy atom. The predicted molar refractivity (Wildman–Crippen MR) is 103 cm³/mol. The first-order chi connectivity index (χ1) is 12.9. The molecule has 27 heavy (non-hydrogen) atoms. The normalized spacial score (nSPS) is 11.8. The zero-order valence-electron chi connectivity index (χ0n) is 14.8. The number of furan rings is 1. The first-order valence-electron chi connectivity index (χ1n) is 8.24. The van der Waals surface area contributed by atoms with Gasteiger partial charge in [0.25, 0.3) is 11.6 Å². The van der Waals surface area contributed by atoms with Crippen molar-refractivity contribution in [2.45, 2.75) is 13.0 Å². The largest absolute Gasteiger partial charge is 0.451 e. The van der Waals surface area contributed by atoms with Crippen LogP contribution in [0.4, 0.5) is 5.69 Å². The molecule has 0 spiro atoms. The van der Waals surface area contributed by atoms with Crippen LogP contribution in [-0.2, 0) is 0 Å². The van der Waals surface area contributed by atoms with E-state index in [1.807, 2.05) is 18.2 Å². The fourth-order valence-electron chi connectivity index (χ4n) is 2.73. The lowest BCUT2D eigenvalue weighted by atomic mass is 10.1. The van der Waals surface area contributed by atoms with E-state index < -0.39 is 4.92 Å². The molecule has 6 nitrogen and oxygen atoms in total. The van der Waals surface area contributed by atoms with Crippen LogP contribution in [0.5, 0.6) is 0 Å². The second-order valence-corrected chi connectivity index (χ2v) is 6.50. The number of carbonyl (C=O) groups is 1. The van der Waals surface area contributed by atoms with Gasteiger partial charge in [0.15, 0.2) is 5.76 Å². The van der Waals surface area contributed by atoms with Crippen molar-refractivity contribution in [1.82, 2.24) is 4.90 Å². The highest BCUT2D eigenvalue weighted by atomic mass is 35.5. The van der Waals surface area contributed by atoms with E-state index in [1.54, 1.807) is 44.3 Å². The monoisotopic (exact) mass is 384 g/mol. The highest BCUT2D eigenvalue weighted by molar-refractivity contribution is 6.33. The number of hydrogen-bond acceptors (Lipinski definition) is 4. The van der Waals surface area contributed by atoms with Crippen molar-refractivity contribution in [3.8, 4) is 11.3 Å². The van der Waals surface area contributed by atoms with Crippen molar-refractivity contribution in [3.63, 3.8) is 0 Å². The summed E-state index contributed by atoms with van der Waals surface area (Å²) >= 11 is 6.17. The standard InChI is InChI=1S/C20H17ClN2O4/c1-13(14-6-5-7-15(12-14)23(25)26)22(2)20(24)19-11-10-18(27-19)16-8-3-4-9-17(16)21/h3-13H,1-2H3/t13-/m0/s1. The topological polar surface area (TPSA) is 76.6 Å². The summed E-state index contributed by atoms with van der Waals surface area (Å²) in [4.78, 5) is 24.8. The molecule has 0 bridgehead atoms. The van der Waals surface area contributed by atoms with Gasteiger partial charge in [0.05, 0.1) is 16.0 Å². The van der Waals surface area contributed by atoms with Crippen LogP contribution in [0.1, 0.15) is 29.1 Å². The Morgan fingerprint density at radius 3 is 2.59 bits per heavy atom. The summed E-state index contributed by atoms with van der Waals surface area (Å²) in [5, 5.41) is 11.5. The maximum absolute atomic E-state index is 12.8. The van der Waals surface area contributed by atoms with Gasteiger partial charge in [0.2, 0.25) is 0 Å². The van der Waals surface area contributed by atoms with Gasteiger partial charge in [-0.15, -0.1) is 0 Å². The van der Waals surface area contributed by atoms with Gasteiger partial charge in [-0.2, -0.15) is 0 Å². The summed E-state index contributed by atoms with van der Waals surface area (Å²) < 4.78 is 5.70. The van der Waals surface area contributed by atoms with Crippen LogP contribution in [0.2, 0.25) is 5.02 Å². The fraction of sp³-hybridized carbons (Fsp3) is 0.150. The summed E-state index contributed by atoms with van der Waals surface area (Å²) in [5.41, 5.74) is 1.35. The minimum Gasteiger partial charge on any atom is -0.451 e. The Bertz CT molecular complexity index is 999. The molecular formula is C20H17ClN2O4. The molecule has 0 aliphatic carbocycles. The molecule has 1 heterocycles. The third kappa shape index (κ3) is 3.85. The lowest BCUT2D eigenvalue weighted by Gasteiger charge is -2.24.